The number of aliphatic hydroxyl groups is 1. The topological polar surface area (TPSA) is 68.9 Å². The predicted molar refractivity (Wildman–Crippen MR) is 136 cm³/mol. The van der Waals surface area contributed by atoms with Crippen LogP contribution in [0.3, 0.4) is 0 Å². The fraction of sp³-hybridized carbons (Fsp3) is 0.296. The van der Waals surface area contributed by atoms with Gasteiger partial charge in [-0.15, -0.1) is 0 Å². The number of hydrogen-bond acceptors (Lipinski definition) is 5. The van der Waals surface area contributed by atoms with Gasteiger partial charge in [0.15, 0.2) is 0 Å². The van der Waals surface area contributed by atoms with Gasteiger partial charge in [-0.3, -0.25) is 14.0 Å². The predicted octanol–water partition coefficient (Wildman–Crippen LogP) is 3.70. The van der Waals surface area contributed by atoms with Crippen molar-refractivity contribution in [3.05, 3.63) is 93.9 Å². The molecule has 0 saturated carbocycles. The lowest BCUT2D eigenvalue weighted by Crippen LogP contribution is -2.29. The van der Waals surface area contributed by atoms with E-state index < -0.39 is 6.10 Å². The quantitative estimate of drug-likeness (QED) is 0.405. The molecule has 1 N–H and O–H groups in total. The Morgan fingerprint density at radius 2 is 1.74 bits per heavy atom. The van der Waals surface area contributed by atoms with Crippen LogP contribution in [0.25, 0.3) is 11.0 Å². The van der Waals surface area contributed by atoms with E-state index in [-0.39, 0.29) is 11.8 Å². The van der Waals surface area contributed by atoms with Crippen molar-refractivity contribution in [2.24, 2.45) is 7.05 Å². The zero-order chi connectivity index (χ0) is 24.4. The summed E-state index contributed by atoms with van der Waals surface area (Å²) in [6.45, 7) is 2.75. The molecule has 1 fully saturated rings. The maximum Gasteiger partial charge on any atom is 0.328 e. The second-order valence-corrected chi connectivity index (χ2v) is 9.29. The lowest BCUT2D eigenvalue weighted by atomic mass is 10.2. The fourth-order valence-electron chi connectivity index (χ4n) is 4.58. The number of benzene rings is 3. The first-order chi connectivity index (χ1) is 17.0. The first-order valence-electron chi connectivity index (χ1n) is 11.7. The molecule has 1 aromatic heterocycles. The molecule has 3 aromatic carbocycles. The third-order valence-electron chi connectivity index (χ3n) is 6.36. The smallest absolute Gasteiger partial charge is 0.328 e. The van der Waals surface area contributed by atoms with Gasteiger partial charge in [0.05, 0.1) is 17.6 Å². The van der Waals surface area contributed by atoms with Gasteiger partial charge in [-0.1, -0.05) is 41.9 Å². The van der Waals surface area contributed by atoms with Crippen LogP contribution in [0.15, 0.2) is 77.6 Å². The molecule has 8 heteroatoms. The van der Waals surface area contributed by atoms with Gasteiger partial charge in [-0.25, -0.2) is 4.79 Å². The van der Waals surface area contributed by atoms with E-state index in [9.17, 15) is 9.90 Å². The zero-order valence-corrected chi connectivity index (χ0v) is 20.3. The molecule has 1 saturated heterocycles. The number of aryl methyl sites for hydroxylation is 1. The van der Waals surface area contributed by atoms with Crippen molar-refractivity contribution in [3.8, 4) is 11.5 Å². The Morgan fingerprint density at radius 1 is 0.971 bits per heavy atom. The van der Waals surface area contributed by atoms with Crippen molar-refractivity contribution in [1.82, 2.24) is 14.0 Å². The highest BCUT2D eigenvalue weighted by Crippen LogP contribution is 2.23. The van der Waals surface area contributed by atoms with Crippen LogP contribution in [0.4, 0.5) is 0 Å². The normalized spacial score (nSPS) is 18.3. The minimum Gasteiger partial charge on any atom is -0.492 e. The van der Waals surface area contributed by atoms with Crippen LogP contribution in [0.2, 0.25) is 5.02 Å². The van der Waals surface area contributed by atoms with E-state index in [2.05, 4.69) is 4.90 Å². The summed E-state index contributed by atoms with van der Waals surface area (Å²) < 4.78 is 15.3. The number of imidazole rings is 1. The van der Waals surface area contributed by atoms with Crippen LogP contribution in [-0.2, 0) is 20.1 Å². The summed E-state index contributed by atoms with van der Waals surface area (Å²) >= 11 is 6.03. The van der Waals surface area contributed by atoms with Gasteiger partial charge in [-0.05, 0) is 48.0 Å². The molecule has 35 heavy (non-hydrogen) atoms. The number of aliphatic hydroxyl groups excluding tert-OH is 1. The molecule has 0 spiro atoms. The monoisotopic (exact) mass is 493 g/mol. The lowest BCUT2D eigenvalue weighted by molar-refractivity contribution is 0.0737. The molecule has 0 amide bonds. The third-order valence-corrected chi connectivity index (χ3v) is 6.60. The standard InChI is InChI=1S/C27H28ClN3O4/c1-29-23-7-2-3-8-24(23)31(27(29)33)13-14-34-21-11-9-19(10-12-21)16-30-17-25(32)26(18-30)35-22-6-4-5-20(28)15-22/h2-12,15,25-26,32H,13-14,16-18H2,1H3/t25-,26-/m0/s1. The maximum absolute atomic E-state index is 12.5. The van der Waals surface area contributed by atoms with Crippen LogP contribution in [-0.4, -0.2) is 51.0 Å². The number of halogens is 1. The Hall–Kier alpha value is -3.26. The highest BCUT2D eigenvalue weighted by atomic mass is 35.5. The molecular formula is C27H28ClN3O4. The van der Waals surface area contributed by atoms with Crippen molar-refractivity contribution in [3.63, 3.8) is 0 Å². The molecule has 0 radical (unpaired) electrons. The van der Waals surface area contributed by atoms with Crippen LogP contribution in [0.1, 0.15) is 5.56 Å². The summed E-state index contributed by atoms with van der Waals surface area (Å²) in [5, 5.41) is 11.1. The largest absolute Gasteiger partial charge is 0.492 e. The first kappa shape index (κ1) is 23.5. The maximum atomic E-state index is 12.5. The summed E-state index contributed by atoms with van der Waals surface area (Å²) in [7, 11) is 1.78. The summed E-state index contributed by atoms with van der Waals surface area (Å²) in [4.78, 5) is 14.7. The minimum atomic E-state index is -0.561. The van der Waals surface area contributed by atoms with Crippen LogP contribution < -0.4 is 15.2 Å². The van der Waals surface area contributed by atoms with Crippen LogP contribution in [0.5, 0.6) is 11.5 Å². The average Bonchev–Trinajstić information content (AvgIpc) is 3.31. The lowest BCUT2D eigenvalue weighted by Gasteiger charge is -2.17. The van der Waals surface area contributed by atoms with Gasteiger partial charge in [0.1, 0.15) is 30.3 Å². The second kappa shape index (κ2) is 10.2. The SMILES string of the molecule is Cn1c(=O)n(CCOc2ccc(CN3C[C@H](Oc4cccc(Cl)c4)[C@@H](O)C3)cc2)c2ccccc21. The fourth-order valence-corrected chi connectivity index (χ4v) is 4.76. The van der Waals surface area contributed by atoms with E-state index in [1.54, 1.807) is 28.3 Å². The Kier molecular flexibility index (Phi) is 6.81. The van der Waals surface area contributed by atoms with Crippen molar-refractivity contribution in [1.29, 1.82) is 0 Å². The summed E-state index contributed by atoms with van der Waals surface area (Å²) in [5.74, 6) is 1.42. The van der Waals surface area contributed by atoms with E-state index in [4.69, 9.17) is 21.1 Å². The number of para-hydroxylation sites is 2. The average molecular weight is 494 g/mol. The summed E-state index contributed by atoms with van der Waals surface area (Å²) in [5.41, 5.74) is 2.90. The van der Waals surface area contributed by atoms with E-state index in [1.807, 2.05) is 60.7 Å². The zero-order valence-electron chi connectivity index (χ0n) is 19.5. The molecule has 7 nitrogen and oxygen atoms in total. The van der Waals surface area contributed by atoms with Gasteiger partial charge in [0, 0.05) is 31.7 Å². The molecule has 0 unspecified atom stereocenters. The van der Waals surface area contributed by atoms with Gasteiger partial charge in [0.25, 0.3) is 0 Å². The number of hydrogen-bond donors (Lipinski definition) is 1. The number of β-amino-alcohol motifs (C(OH)–C–C–N with tert-alkyl or cyclic N) is 1. The molecule has 5 rings (SSSR count). The highest BCUT2D eigenvalue weighted by Gasteiger charge is 2.33. The van der Waals surface area contributed by atoms with Crippen molar-refractivity contribution in [2.45, 2.75) is 25.3 Å². The number of likely N-dealkylation sites (tertiary alicyclic amines) is 1. The van der Waals surface area contributed by atoms with Crippen LogP contribution in [0, 0.1) is 0 Å². The summed E-state index contributed by atoms with van der Waals surface area (Å²) in [6, 6.07) is 22.9. The Labute approximate surface area is 208 Å². The molecule has 1 aliphatic rings. The molecule has 182 valence electrons. The highest BCUT2D eigenvalue weighted by molar-refractivity contribution is 6.30. The first-order valence-corrected chi connectivity index (χ1v) is 12.0. The molecule has 2 heterocycles. The van der Waals surface area contributed by atoms with E-state index in [0.717, 1.165) is 22.3 Å². The van der Waals surface area contributed by atoms with Gasteiger partial charge in [-0.2, -0.15) is 0 Å². The summed E-state index contributed by atoms with van der Waals surface area (Å²) in [6.07, 6.45) is -0.859. The Bertz CT molecular complexity index is 1370. The van der Waals surface area contributed by atoms with E-state index in [1.165, 1.54) is 0 Å². The number of ether oxygens (including phenoxy) is 2. The molecule has 2 atom stereocenters. The van der Waals surface area contributed by atoms with Gasteiger partial charge in [0.2, 0.25) is 0 Å². The number of aromatic nitrogens is 2. The second-order valence-electron chi connectivity index (χ2n) is 8.85. The molecule has 0 aliphatic carbocycles. The van der Waals surface area contributed by atoms with Crippen molar-refractivity contribution >= 4 is 22.6 Å². The van der Waals surface area contributed by atoms with E-state index in [0.29, 0.717) is 43.6 Å². The van der Waals surface area contributed by atoms with Crippen molar-refractivity contribution < 1.29 is 14.6 Å². The van der Waals surface area contributed by atoms with Crippen molar-refractivity contribution in [2.75, 3.05) is 19.7 Å². The van der Waals surface area contributed by atoms with Gasteiger partial charge >= 0.3 is 5.69 Å². The minimum absolute atomic E-state index is 0.0457. The Balaban J connectivity index is 1.14. The molecule has 4 aromatic rings. The van der Waals surface area contributed by atoms with Crippen LogP contribution >= 0.6 is 11.6 Å². The Morgan fingerprint density at radius 3 is 2.51 bits per heavy atom. The number of fused-ring (bicyclic) bond motifs is 1. The third kappa shape index (κ3) is 5.22. The molecule has 0 bridgehead atoms. The number of nitrogens with zero attached hydrogens (tertiary/aromatic N) is 3. The van der Waals surface area contributed by atoms with E-state index >= 15 is 0 Å². The molecular weight excluding hydrogens is 466 g/mol. The molecule has 1 aliphatic heterocycles. The number of rotatable bonds is 8. The van der Waals surface area contributed by atoms with Gasteiger partial charge < -0.3 is 14.6 Å².